The van der Waals surface area contributed by atoms with E-state index in [1.165, 1.54) is 16.7 Å². The molecule has 0 bridgehead atoms. The van der Waals surface area contributed by atoms with Crippen LogP contribution in [0.4, 0.5) is 0 Å². The van der Waals surface area contributed by atoms with Crippen molar-refractivity contribution in [1.29, 1.82) is 0 Å². The Labute approximate surface area is 130 Å². The Morgan fingerprint density at radius 1 is 1.33 bits per heavy atom. The third-order valence-electron chi connectivity index (χ3n) is 3.17. The molecule has 21 heavy (non-hydrogen) atoms. The number of nitrogens with one attached hydrogen (secondary N) is 2. The largest absolute Gasteiger partial charge is 0.357 e. The van der Waals surface area contributed by atoms with Crippen molar-refractivity contribution in [2.75, 3.05) is 13.1 Å². The molecule has 0 aliphatic carbocycles. The molecular formula is C16H22N4S. The summed E-state index contributed by atoms with van der Waals surface area (Å²) < 4.78 is 0. The summed E-state index contributed by atoms with van der Waals surface area (Å²) in [7, 11) is 0. The molecule has 0 aromatic carbocycles. The highest BCUT2D eigenvalue weighted by molar-refractivity contribution is 7.07. The topological polar surface area (TPSA) is 49.3 Å². The van der Waals surface area contributed by atoms with Gasteiger partial charge in [-0.2, -0.15) is 11.3 Å². The molecule has 0 aliphatic heterocycles. The highest BCUT2D eigenvalue weighted by Gasteiger charge is 2.00. The number of guanidine groups is 1. The molecule has 5 heteroatoms. The second kappa shape index (κ2) is 8.42. The van der Waals surface area contributed by atoms with Crippen molar-refractivity contribution in [3.63, 3.8) is 0 Å². The normalized spacial score (nSPS) is 11.4. The zero-order valence-electron chi connectivity index (χ0n) is 12.6. The zero-order valence-corrected chi connectivity index (χ0v) is 13.4. The van der Waals surface area contributed by atoms with Gasteiger partial charge in [0.15, 0.2) is 5.96 Å². The molecule has 2 rings (SSSR count). The fourth-order valence-electron chi connectivity index (χ4n) is 1.99. The number of aryl methyl sites for hydroxylation is 1. The van der Waals surface area contributed by atoms with Gasteiger partial charge in [0, 0.05) is 25.5 Å². The summed E-state index contributed by atoms with van der Waals surface area (Å²) in [6.45, 7) is 6.62. The van der Waals surface area contributed by atoms with Gasteiger partial charge < -0.3 is 10.6 Å². The molecule has 4 nitrogen and oxygen atoms in total. The van der Waals surface area contributed by atoms with Crippen molar-refractivity contribution in [2.45, 2.75) is 26.8 Å². The van der Waals surface area contributed by atoms with Crippen LogP contribution >= 0.6 is 11.3 Å². The summed E-state index contributed by atoms with van der Waals surface area (Å²) in [5, 5.41) is 10.9. The van der Waals surface area contributed by atoms with E-state index in [0.717, 1.165) is 25.5 Å². The highest BCUT2D eigenvalue weighted by atomic mass is 32.1. The van der Waals surface area contributed by atoms with Crippen molar-refractivity contribution < 1.29 is 0 Å². The molecule has 0 radical (unpaired) electrons. The summed E-state index contributed by atoms with van der Waals surface area (Å²) in [6, 6.07) is 4.19. The number of aromatic nitrogens is 1. The minimum Gasteiger partial charge on any atom is -0.357 e. The van der Waals surface area contributed by atoms with E-state index in [1.807, 2.05) is 12.4 Å². The third kappa shape index (κ3) is 5.19. The van der Waals surface area contributed by atoms with E-state index in [9.17, 15) is 0 Å². The Morgan fingerprint density at radius 3 is 2.95 bits per heavy atom. The van der Waals surface area contributed by atoms with Gasteiger partial charge in [0.1, 0.15) is 0 Å². The van der Waals surface area contributed by atoms with Crippen LogP contribution < -0.4 is 10.6 Å². The molecule has 0 saturated heterocycles. The fourth-order valence-corrected chi connectivity index (χ4v) is 2.65. The molecule has 0 fully saturated rings. The highest BCUT2D eigenvalue weighted by Crippen LogP contribution is 2.07. The number of aliphatic imine (C=N–C) groups is 1. The van der Waals surface area contributed by atoms with Crippen molar-refractivity contribution in [3.05, 3.63) is 52.0 Å². The van der Waals surface area contributed by atoms with E-state index in [-0.39, 0.29) is 0 Å². The summed E-state index contributed by atoms with van der Waals surface area (Å²) in [5.74, 6) is 0.871. The molecule has 0 aliphatic rings. The number of rotatable bonds is 6. The van der Waals surface area contributed by atoms with Gasteiger partial charge in [-0.1, -0.05) is 0 Å². The molecule has 2 N–H and O–H groups in total. The summed E-state index contributed by atoms with van der Waals surface area (Å²) in [6.07, 6.45) is 4.72. The van der Waals surface area contributed by atoms with Crippen LogP contribution in [-0.2, 0) is 13.0 Å². The smallest absolute Gasteiger partial charge is 0.191 e. The van der Waals surface area contributed by atoms with Gasteiger partial charge in [-0.15, -0.1) is 0 Å². The van der Waals surface area contributed by atoms with E-state index < -0.39 is 0 Å². The maximum absolute atomic E-state index is 4.60. The first-order valence-electron chi connectivity index (χ1n) is 7.22. The summed E-state index contributed by atoms with van der Waals surface area (Å²) in [5.41, 5.74) is 3.81. The van der Waals surface area contributed by atoms with Crippen LogP contribution in [0.15, 0.2) is 40.3 Å². The molecule has 0 saturated carbocycles. The van der Waals surface area contributed by atoms with Crippen LogP contribution in [0.3, 0.4) is 0 Å². The van der Waals surface area contributed by atoms with Crippen LogP contribution in [0.5, 0.6) is 0 Å². The minimum absolute atomic E-state index is 0.715. The summed E-state index contributed by atoms with van der Waals surface area (Å²) >= 11 is 1.71. The average Bonchev–Trinajstić information content (AvgIpc) is 3.00. The molecular weight excluding hydrogens is 280 g/mol. The lowest BCUT2D eigenvalue weighted by Crippen LogP contribution is -2.38. The first-order chi connectivity index (χ1) is 10.3. The SMILES string of the molecule is CCNC(=NCc1ccsc1)NCCc1ccncc1C. The van der Waals surface area contributed by atoms with E-state index >= 15 is 0 Å². The molecule has 0 atom stereocenters. The first-order valence-corrected chi connectivity index (χ1v) is 8.16. The number of hydrogen-bond donors (Lipinski definition) is 2. The van der Waals surface area contributed by atoms with Gasteiger partial charge in [-0.05, 0) is 59.9 Å². The van der Waals surface area contributed by atoms with Gasteiger partial charge in [-0.25, -0.2) is 4.99 Å². The van der Waals surface area contributed by atoms with Crippen LogP contribution in [-0.4, -0.2) is 24.0 Å². The quantitative estimate of drug-likeness (QED) is 0.637. The summed E-state index contributed by atoms with van der Waals surface area (Å²) in [4.78, 5) is 8.72. The number of thiophene rings is 1. The fraction of sp³-hybridized carbons (Fsp3) is 0.375. The van der Waals surface area contributed by atoms with Gasteiger partial charge in [0.05, 0.1) is 6.54 Å². The Hall–Kier alpha value is -1.88. The second-order valence-corrected chi connectivity index (χ2v) is 5.59. The number of nitrogens with zero attached hydrogens (tertiary/aromatic N) is 2. The molecule has 112 valence electrons. The van der Waals surface area contributed by atoms with Crippen LogP contribution in [0.2, 0.25) is 0 Å². The lowest BCUT2D eigenvalue weighted by molar-refractivity contribution is 0.796. The van der Waals surface area contributed by atoms with E-state index in [2.05, 4.69) is 57.4 Å². The van der Waals surface area contributed by atoms with E-state index in [1.54, 1.807) is 11.3 Å². The standard InChI is InChI=1S/C16H22N4S/c1-3-18-16(20-11-14-6-9-21-12-14)19-8-5-15-4-7-17-10-13(15)2/h4,6-7,9-10,12H,3,5,8,11H2,1-2H3,(H2,18,19,20). The molecule has 0 unspecified atom stereocenters. The Balaban J connectivity index is 1.85. The molecule has 0 amide bonds. The molecule has 2 heterocycles. The van der Waals surface area contributed by atoms with E-state index in [4.69, 9.17) is 0 Å². The van der Waals surface area contributed by atoms with Gasteiger partial charge in [-0.3, -0.25) is 4.98 Å². The predicted molar refractivity (Wildman–Crippen MR) is 89.8 cm³/mol. The minimum atomic E-state index is 0.715. The lowest BCUT2D eigenvalue weighted by Gasteiger charge is -2.11. The maximum atomic E-state index is 4.60. The van der Waals surface area contributed by atoms with Crippen molar-refractivity contribution in [1.82, 2.24) is 15.6 Å². The first kappa shape index (κ1) is 15.5. The number of pyridine rings is 1. The Morgan fingerprint density at radius 2 is 2.24 bits per heavy atom. The van der Waals surface area contributed by atoms with Crippen molar-refractivity contribution in [3.8, 4) is 0 Å². The van der Waals surface area contributed by atoms with Gasteiger partial charge in [0.2, 0.25) is 0 Å². The van der Waals surface area contributed by atoms with E-state index in [0.29, 0.717) is 6.54 Å². The van der Waals surface area contributed by atoms with Crippen LogP contribution in [0.25, 0.3) is 0 Å². The molecule has 2 aromatic rings. The zero-order chi connectivity index (χ0) is 14.9. The van der Waals surface area contributed by atoms with Gasteiger partial charge in [0.25, 0.3) is 0 Å². The Bertz CT molecular complexity index is 563. The van der Waals surface area contributed by atoms with Crippen molar-refractivity contribution in [2.24, 2.45) is 4.99 Å². The molecule has 2 aromatic heterocycles. The average molecular weight is 302 g/mol. The maximum Gasteiger partial charge on any atom is 0.191 e. The predicted octanol–water partition coefficient (Wildman–Crippen LogP) is 2.75. The number of hydrogen-bond acceptors (Lipinski definition) is 3. The molecule has 0 spiro atoms. The van der Waals surface area contributed by atoms with Crippen LogP contribution in [0, 0.1) is 6.92 Å². The van der Waals surface area contributed by atoms with Crippen LogP contribution in [0.1, 0.15) is 23.6 Å². The third-order valence-corrected chi connectivity index (χ3v) is 3.90. The second-order valence-electron chi connectivity index (χ2n) is 4.81. The Kier molecular flexibility index (Phi) is 6.22. The van der Waals surface area contributed by atoms with Crippen molar-refractivity contribution >= 4 is 17.3 Å². The monoisotopic (exact) mass is 302 g/mol. The lowest BCUT2D eigenvalue weighted by atomic mass is 10.1. The van der Waals surface area contributed by atoms with Gasteiger partial charge >= 0.3 is 0 Å².